The first-order chi connectivity index (χ1) is 18.9. The van der Waals surface area contributed by atoms with Crippen LogP contribution in [0.2, 0.25) is 0 Å². The number of hydrogen-bond donors (Lipinski definition) is 10. The van der Waals surface area contributed by atoms with E-state index in [-0.39, 0.29) is 50.7 Å². The highest BCUT2D eigenvalue weighted by atomic mass is 16.4. The predicted molar refractivity (Wildman–Crippen MR) is 148 cm³/mol. The van der Waals surface area contributed by atoms with Gasteiger partial charge in [-0.3, -0.25) is 24.4 Å². The topological polar surface area (TPSA) is 300 Å². The Morgan fingerprint density at radius 1 is 0.750 bits per heavy atom. The van der Waals surface area contributed by atoms with Gasteiger partial charge in [0.2, 0.25) is 17.7 Å². The summed E-state index contributed by atoms with van der Waals surface area (Å²) in [6.45, 7) is -0.399. The third-order valence-corrected chi connectivity index (χ3v) is 5.60. The molecule has 1 rings (SSSR count). The molecule has 0 aromatic heterocycles. The maximum absolute atomic E-state index is 13.2. The number of aliphatic carboxylic acids is 1. The summed E-state index contributed by atoms with van der Waals surface area (Å²) in [7, 11) is 0. The van der Waals surface area contributed by atoms with E-state index in [4.69, 9.17) is 28.7 Å². The number of aliphatic imine (C=N–C) groups is 2. The van der Waals surface area contributed by atoms with E-state index in [9.17, 15) is 29.4 Å². The maximum atomic E-state index is 13.2. The second-order valence-corrected chi connectivity index (χ2v) is 8.90. The molecule has 0 bridgehead atoms. The van der Waals surface area contributed by atoms with Crippen LogP contribution in [-0.2, 0) is 25.6 Å². The molecule has 0 aliphatic heterocycles. The first kappa shape index (κ1) is 33.6. The van der Waals surface area contributed by atoms with E-state index in [0.717, 1.165) is 0 Å². The van der Waals surface area contributed by atoms with Gasteiger partial charge < -0.3 is 54.8 Å². The van der Waals surface area contributed by atoms with Gasteiger partial charge in [-0.15, -0.1) is 0 Å². The molecule has 0 fully saturated rings. The fourth-order valence-corrected chi connectivity index (χ4v) is 3.49. The molecule has 0 saturated carbocycles. The van der Waals surface area contributed by atoms with Crippen LogP contribution in [0.4, 0.5) is 0 Å². The van der Waals surface area contributed by atoms with Gasteiger partial charge in [-0.25, -0.2) is 4.79 Å². The minimum Gasteiger partial charge on any atom is -0.480 e. The molecule has 16 nitrogen and oxygen atoms in total. The number of carbonyl (C=O) groups is 4. The molecule has 0 spiro atoms. The average Bonchev–Trinajstić information content (AvgIpc) is 2.90. The Labute approximate surface area is 231 Å². The molecule has 0 aliphatic rings. The summed E-state index contributed by atoms with van der Waals surface area (Å²) in [4.78, 5) is 57.8. The van der Waals surface area contributed by atoms with Crippen molar-refractivity contribution in [3.63, 3.8) is 0 Å². The van der Waals surface area contributed by atoms with E-state index < -0.39 is 54.5 Å². The van der Waals surface area contributed by atoms with Crippen LogP contribution >= 0.6 is 0 Å². The number of carboxylic acids is 1. The first-order valence-electron chi connectivity index (χ1n) is 12.6. The minimum atomic E-state index is -1.49. The van der Waals surface area contributed by atoms with Gasteiger partial charge in [0.1, 0.15) is 18.1 Å². The summed E-state index contributed by atoms with van der Waals surface area (Å²) in [5.74, 6) is -3.87. The third kappa shape index (κ3) is 13.4. The number of hydrogen-bond acceptors (Lipinski definition) is 8. The smallest absolute Gasteiger partial charge is 0.326 e. The van der Waals surface area contributed by atoms with E-state index in [0.29, 0.717) is 12.0 Å². The second-order valence-electron chi connectivity index (χ2n) is 8.90. The Morgan fingerprint density at radius 3 is 1.77 bits per heavy atom. The van der Waals surface area contributed by atoms with Crippen molar-refractivity contribution in [1.82, 2.24) is 16.0 Å². The molecule has 1 aromatic rings. The largest absolute Gasteiger partial charge is 0.480 e. The van der Waals surface area contributed by atoms with Crippen LogP contribution in [0.25, 0.3) is 0 Å². The lowest BCUT2D eigenvalue weighted by Crippen LogP contribution is -2.58. The monoisotopic (exact) mass is 564 g/mol. The minimum absolute atomic E-state index is 0.00227. The van der Waals surface area contributed by atoms with E-state index in [1.54, 1.807) is 30.3 Å². The van der Waals surface area contributed by atoms with Crippen LogP contribution < -0.4 is 44.6 Å². The third-order valence-electron chi connectivity index (χ3n) is 5.60. The number of amides is 3. The van der Waals surface area contributed by atoms with E-state index in [2.05, 4.69) is 25.9 Å². The Bertz CT molecular complexity index is 1030. The quantitative estimate of drug-likeness (QED) is 0.0468. The molecule has 0 unspecified atom stereocenters. The SMILES string of the molecule is NC(N)=NCCC[C@H](NC(=O)[C@H](CO)NC(=O)[C@H](Cc1ccccc1)NC(=O)[C@@H](N)CCCN=C(N)N)C(=O)O. The zero-order valence-electron chi connectivity index (χ0n) is 22.2. The highest BCUT2D eigenvalue weighted by Crippen LogP contribution is 2.06. The number of benzene rings is 1. The predicted octanol–water partition coefficient (Wildman–Crippen LogP) is -3.81. The number of carboxylic acid groups (broad SMARTS) is 1. The molecule has 4 atom stereocenters. The van der Waals surface area contributed by atoms with Gasteiger partial charge in [0.15, 0.2) is 11.9 Å². The van der Waals surface area contributed by atoms with Crippen molar-refractivity contribution in [3.05, 3.63) is 35.9 Å². The molecule has 0 radical (unpaired) electrons. The average molecular weight is 565 g/mol. The number of nitrogens with zero attached hydrogens (tertiary/aromatic N) is 2. The fourth-order valence-electron chi connectivity index (χ4n) is 3.49. The van der Waals surface area contributed by atoms with Gasteiger partial charge in [-0.1, -0.05) is 30.3 Å². The van der Waals surface area contributed by atoms with Crippen molar-refractivity contribution >= 4 is 35.6 Å². The Hall–Kier alpha value is -4.44. The lowest BCUT2D eigenvalue weighted by atomic mass is 10.0. The molecule has 15 N–H and O–H groups in total. The molecule has 40 heavy (non-hydrogen) atoms. The van der Waals surface area contributed by atoms with Crippen molar-refractivity contribution in [2.75, 3.05) is 19.7 Å². The van der Waals surface area contributed by atoms with Crippen LogP contribution in [0, 0.1) is 0 Å². The molecule has 0 aliphatic carbocycles. The maximum Gasteiger partial charge on any atom is 0.326 e. The van der Waals surface area contributed by atoms with Crippen molar-refractivity contribution in [3.8, 4) is 0 Å². The van der Waals surface area contributed by atoms with Crippen LogP contribution in [0.1, 0.15) is 31.2 Å². The lowest BCUT2D eigenvalue weighted by Gasteiger charge is -2.24. The summed E-state index contributed by atoms with van der Waals surface area (Å²) in [6.07, 6.45) is 0.969. The zero-order chi connectivity index (χ0) is 30.1. The van der Waals surface area contributed by atoms with Crippen molar-refractivity contribution < 1.29 is 29.4 Å². The summed E-state index contributed by atoms with van der Waals surface area (Å²) >= 11 is 0. The van der Waals surface area contributed by atoms with E-state index in [1.165, 1.54) is 0 Å². The van der Waals surface area contributed by atoms with Crippen molar-refractivity contribution in [2.24, 2.45) is 38.7 Å². The van der Waals surface area contributed by atoms with Gasteiger partial charge in [-0.05, 0) is 31.2 Å². The Balaban J connectivity index is 2.90. The molecular weight excluding hydrogens is 524 g/mol. The van der Waals surface area contributed by atoms with Crippen LogP contribution in [0.15, 0.2) is 40.3 Å². The highest BCUT2D eigenvalue weighted by Gasteiger charge is 2.30. The fraction of sp³-hybridized carbons (Fsp3) is 0.500. The summed E-state index contributed by atoms with van der Waals surface area (Å²) in [5, 5.41) is 26.5. The van der Waals surface area contributed by atoms with Crippen LogP contribution in [0.3, 0.4) is 0 Å². The molecule has 222 valence electrons. The first-order valence-corrected chi connectivity index (χ1v) is 12.6. The molecule has 0 saturated heterocycles. The molecule has 1 aromatic carbocycles. The molecule has 0 heterocycles. The Kier molecular flexibility index (Phi) is 15.1. The molecule has 16 heteroatoms. The number of aliphatic hydroxyl groups is 1. The number of rotatable bonds is 18. The summed E-state index contributed by atoms with van der Waals surface area (Å²) in [5.41, 5.74) is 27.7. The number of aliphatic hydroxyl groups excluding tert-OH is 1. The van der Waals surface area contributed by atoms with Crippen LogP contribution in [-0.4, -0.2) is 89.7 Å². The Morgan fingerprint density at radius 2 is 1.25 bits per heavy atom. The summed E-state index contributed by atoms with van der Waals surface area (Å²) in [6, 6.07) is 3.86. The highest BCUT2D eigenvalue weighted by molar-refractivity contribution is 5.94. The number of carbonyl (C=O) groups excluding carboxylic acids is 3. The van der Waals surface area contributed by atoms with Gasteiger partial charge >= 0.3 is 5.97 Å². The molecular formula is C24H40N10O6. The van der Waals surface area contributed by atoms with Gasteiger partial charge in [0.25, 0.3) is 0 Å². The molecule has 3 amide bonds. The number of nitrogens with two attached hydrogens (primary N) is 5. The summed E-state index contributed by atoms with van der Waals surface area (Å²) < 4.78 is 0. The van der Waals surface area contributed by atoms with E-state index in [1.807, 2.05) is 0 Å². The van der Waals surface area contributed by atoms with Gasteiger partial charge in [0, 0.05) is 19.5 Å². The zero-order valence-corrected chi connectivity index (χ0v) is 22.2. The number of guanidine groups is 2. The normalized spacial score (nSPS) is 13.6. The van der Waals surface area contributed by atoms with Crippen molar-refractivity contribution in [2.45, 2.75) is 56.3 Å². The number of nitrogens with one attached hydrogen (secondary N) is 3. The standard InChI is InChI=1S/C24H40N10O6/c25-15(8-4-10-30-23(26)27)19(36)33-17(12-14-6-2-1-3-7-14)20(37)34-18(13-35)21(38)32-16(22(39)40)9-5-11-31-24(28)29/h1-3,6-7,15-18,35H,4-5,8-13,25H2,(H,32,38)(H,33,36)(H,34,37)(H,39,40)(H4,26,27,30)(H4,28,29,31)/t15-,16-,17-,18-/m0/s1. The second kappa shape index (κ2) is 18.0. The van der Waals surface area contributed by atoms with Crippen molar-refractivity contribution in [1.29, 1.82) is 0 Å². The van der Waals surface area contributed by atoms with E-state index >= 15 is 0 Å². The van der Waals surface area contributed by atoms with Crippen LogP contribution in [0.5, 0.6) is 0 Å². The lowest BCUT2D eigenvalue weighted by molar-refractivity contribution is -0.142. The van der Waals surface area contributed by atoms with Gasteiger partial charge in [-0.2, -0.15) is 0 Å². The van der Waals surface area contributed by atoms with Gasteiger partial charge in [0.05, 0.1) is 12.6 Å².